The molecule has 0 bridgehead atoms. The lowest BCUT2D eigenvalue weighted by Crippen LogP contribution is -2.51. The minimum Gasteiger partial charge on any atom is -0.356 e. The van der Waals surface area contributed by atoms with Crippen LogP contribution in [0.15, 0.2) is 78.9 Å². The van der Waals surface area contributed by atoms with Gasteiger partial charge < -0.3 is 19.7 Å². The number of carbonyl (C=O) groups is 2. The van der Waals surface area contributed by atoms with Gasteiger partial charge in [-0.25, -0.2) is 0 Å². The number of para-hydroxylation sites is 2. The van der Waals surface area contributed by atoms with Crippen molar-refractivity contribution in [2.75, 3.05) is 25.0 Å². The van der Waals surface area contributed by atoms with Crippen LogP contribution >= 0.6 is 0 Å². The number of carbonyl (C=O) groups excluding carboxylic acids is 2. The number of hydrogen-bond donors (Lipinski definition) is 1. The van der Waals surface area contributed by atoms with Gasteiger partial charge in [-0.2, -0.15) is 0 Å². The Morgan fingerprint density at radius 1 is 0.973 bits per heavy atom. The molecule has 0 saturated carbocycles. The summed E-state index contributed by atoms with van der Waals surface area (Å²) in [4.78, 5) is 30.5. The second-order valence-corrected chi connectivity index (χ2v) is 9.97. The highest BCUT2D eigenvalue weighted by atomic mass is 16.2. The maximum Gasteiger partial charge on any atom is 0.257 e. The number of rotatable bonds is 7. The van der Waals surface area contributed by atoms with Crippen LogP contribution < -0.4 is 10.2 Å². The van der Waals surface area contributed by atoms with Crippen LogP contribution in [0.5, 0.6) is 0 Å². The second-order valence-electron chi connectivity index (χ2n) is 9.97. The van der Waals surface area contributed by atoms with Crippen molar-refractivity contribution in [2.24, 2.45) is 0 Å². The van der Waals surface area contributed by atoms with Crippen LogP contribution in [0.25, 0.3) is 10.9 Å². The van der Waals surface area contributed by atoms with E-state index in [1.54, 1.807) is 0 Å². The van der Waals surface area contributed by atoms with Crippen molar-refractivity contribution in [3.05, 3.63) is 101 Å². The number of fused-ring (bicyclic) bond motifs is 6. The monoisotopic (exact) mass is 492 g/mol. The second kappa shape index (κ2) is 9.77. The first kappa shape index (κ1) is 23.3. The van der Waals surface area contributed by atoms with Crippen LogP contribution in [0.3, 0.4) is 0 Å². The predicted molar refractivity (Wildman–Crippen MR) is 147 cm³/mol. The summed E-state index contributed by atoms with van der Waals surface area (Å²) >= 11 is 0. The first-order valence-corrected chi connectivity index (χ1v) is 13.2. The van der Waals surface area contributed by atoms with Gasteiger partial charge in [0.25, 0.3) is 5.91 Å². The van der Waals surface area contributed by atoms with Gasteiger partial charge in [-0.1, -0.05) is 60.7 Å². The van der Waals surface area contributed by atoms with E-state index >= 15 is 0 Å². The van der Waals surface area contributed by atoms with Gasteiger partial charge in [0.15, 0.2) is 0 Å². The third-order valence-electron chi connectivity index (χ3n) is 7.77. The molecule has 6 heteroatoms. The predicted octanol–water partition coefficient (Wildman–Crippen LogP) is 4.93. The van der Waals surface area contributed by atoms with E-state index < -0.39 is 0 Å². The summed E-state index contributed by atoms with van der Waals surface area (Å²) in [5, 5.41) is 4.32. The lowest BCUT2D eigenvalue weighted by Gasteiger charge is -2.46. The number of benzene rings is 3. The highest BCUT2D eigenvalue weighted by Crippen LogP contribution is 2.44. The van der Waals surface area contributed by atoms with Gasteiger partial charge in [0.2, 0.25) is 5.91 Å². The van der Waals surface area contributed by atoms with Crippen LogP contribution in [0.1, 0.15) is 46.2 Å². The topological polar surface area (TPSA) is 57.6 Å². The Hall–Kier alpha value is -4.06. The molecule has 2 aliphatic heterocycles. The summed E-state index contributed by atoms with van der Waals surface area (Å²) in [5.41, 5.74) is 6.55. The number of aromatic nitrogens is 1. The molecule has 0 radical (unpaired) electrons. The average molecular weight is 493 g/mol. The number of hydrogen-bond acceptors (Lipinski definition) is 3. The zero-order valence-corrected chi connectivity index (χ0v) is 21.2. The third-order valence-corrected chi connectivity index (χ3v) is 7.77. The molecule has 188 valence electrons. The molecule has 1 N–H and O–H groups in total. The Bertz CT molecular complexity index is 1460. The Balaban J connectivity index is 1.24. The molecule has 37 heavy (non-hydrogen) atoms. The summed E-state index contributed by atoms with van der Waals surface area (Å²) in [6.45, 7) is 1.93. The highest BCUT2D eigenvalue weighted by Gasteiger charge is 2.42. The maximum absolute atomic E-state index is 13.5. The van der Waals surface area contributed by atoms with E-state index in [4.69, 9.17) is 0 Å². The lowest BCUT2D eigenvalue weighted by atomic mass is 9.96. The van der Waals surface area contributed by atoms with Crippen molar-refractivity contribution in [3.63, 3.8) is 0 Å². The van der Waals surface area contributed by atoms with Crippen molar-refractivity contribution in [3.8, 4) is 0 Å². The molecular formula is C31H32N4O2. The van der Waals surface area contributed by atoms with Gasteiger partial charge >= 0.3 is 0 Å². The summed E-state index contributed by atoms with van der Waals surface area (Å²) < 4.78 is 2.28. The van der Waals surface area contributed by atoms with E-state index in [1.165, 1.54) is 16.5 Å². The van der Waals surface area contributed by atoms with Gasteiger partial charge in [0.1, 0.15) is 6.17 Å². The molecule has 3 aromatic carbocycles. The summed E-state index contributed by atoms with van der Waals surface area (Å²) in [5.74, 6) is 0.142. The molecule has 0 fully saturated rings. The fourth-order valence-electron chi connectivity index (χ4n) is 6.02. The average Bonchev–Trinajstić information content (AvgIpc) is 3.27. The molecule has 0 unspecified atom stereocenters. The smallest absolute Gasteiger partial charge is 0.257 e. The SMILES string of the molecule is CN1c2ccccc2C(=O)N2CCc3c(n(CCC(=O)NCCCc4ccccc4)c4ccccc34)[C@@H]21. The molecule has 0 spiro atoms. The maximum atomic E-state index is 13.5. The van der Waals surface area contributed by atoms with Crippen LogP contribution in [0.2, 0.25) is 0 Å². The first-order valence-electron chi connectivity index (χ1n) is 13.2. The van der Waals surface area contributed by atoms with Crippen LogP contribution in [0.4, 0.5) is 5.69 Å². The van der Waals surface area contributed by atoms with Crippen LogP contribution in [-0.4, -0.2) is 41.4 Å². The van der Waals surface area contributed by atoms with E-state index in [1.807, 2.05) is 47.4 Å². The first-order chi connectivity index (χ1) is 18.1. The van der Waals surface area contributed by atoms with E-state index in [-0.39, 0.29) is 18.0 Å². The van der Waals surface area contributed by atoms with E-state index in [0.29, 0.717) is 26.1 Å². The lowest BCUT2D eigenvalue weighted by molar-refractivity contribution is -0.121. The van der Waals surface area contributed by atoms with E-state index in [9.17, 15) is 9.59 Å². The Morgan fingerprint density at radius 3 is 2.59 bits per heavy atom. The van der Waals surface area contributed by atoms with Gasteiger partial charge in [0, 0.05) is 44.0 Å². The molecule has 0 saturated heterocycles. The number of anilines is 1. The molecule has 3 heterocycles. The van der Waals surface area contributed by atoms with Crippen LogP contribution in [-0.2, 0) is 24.2 Å². The molecular weight excluding hydrogens is 460 g/mol. The van der Waals surface area contributed by atoms with Gasteiger partial charge in [-0.15, -0.1) is 0 Å². The highest BCUT2D eigenvalue weighted by molar-refractivity contribution is 6.02. The van der Waals surface area contributed by atoms with Crippen molar-refractivity contribution < 1.29 is 9.59 Å². The minimum absolute atomic E-state index is 0.0608. The zero-order chi connectivity index (χ0) is 25.4. The number of nitrogens with one attached hydrogen (secondary N) is 1. The largest absolute Gasteiger partial charge is 0.356 e. The Morgan fingerprint density at radius 2 is 1.73 bits per heavy atom. The Labute approximate surface area is 217 Å². The van der Waals surface area contributed by atoms with E-state index in [0.717, 1.165) is 41.7 Å². The number of amides is 2. The number of aryl methyl sites for hydroxylation is 2. The minimum atomic E-state index is -0.188. The molecule has 6 rings (SSSR count). The summed E-state index contributed by atoms with van der Waals surface area (Å²) in [6.07, 6.45) is 2.90. The van der Waals surface area contributed by atoms with Crippen molar-refractivity contribution >= 4 is 28.4 Å². The van der Waals surface area contributed by atoms with Crippen LogP contribution in [0, 0.1) is 0 Å². The van der Waals surface area contributed by atoms with Crippen molar-refractivity contribution in [1.82, 2.24) is 14.8 Å². The van der Waals surface area contributed by atoms with Gasteiger partial charge in [0.05, 0.1) is 16.9 Å². The normalized spacial score (nSPS) is 16.4. The van der Waals surface area contributed by atoms with E-state index in [2.05, 4.69) is 58.2 Å². The molecule has 2 amide bonds. The zero-order valence-electron chi connectivity index (χ0n) is 21.2. The van der Waals surface area contributed by atoms with Gasteiger partial charge in [-0.05, 0) is 48.6 Å². The van der Waals surface area contributed by atoms with Crippen molar-refractivity contribution in [2.45, 2.75) is 38.4 Å². The quantitative estimate of drug-likeness (QED) is 0.372. The molecule has 1 atom stereocenters. The fourth-order valence-corrected chi connectivity index (χ4v) is 6.02. The summed E-state index contributed by atoms with van der Waals surface area (Å²) in [7, 11) is 2.07. The van der Waals surface area contributed by atoms with Gasteiger partial charge in [-0.3, -0.25) is 9.59 Å². The van der Waals surface area contributed by atoms with Crippen molar-refractivity contribution in [1.29, 1.82) is 0 Å². The third kappa shape index (κ3) is 4.16. The number of nitrogens with zero attached hydrogens (tertiary/aromatic N) is 3. The molecule has 1 aromatic heterocycles. The summed E-state index contributed by atoms with van der Waals surface area (Å²) in [6, 6.07) is 26.6. The standard InChI is InChI=1S/C31H32N4O2/c1-33-26-15-7-6-14-25(26)31(37)35-20-17-24-23-13-5-8-16-27(23)34(29(24)30(33)35)21-18-28(36)32-19-9-12-22-10-3-2-4-11-22/h2-8,10-11,13-16,30H,9,12,17-21H2,1H3,(H,32,36)/t30-/m1/s1. The fraction of sp³-hybridized carbons (Fsp3) is 0.290. The molecule has 0 aliphatic carbocycles. The molecule has 2 aliphatic rings. The molecule has 6 nitrogen and oxygen atoms in total. The molecule has 4 aromatic rings. The Kier molecular flexibility index (Phi) is 6.16.